The summed E-state index contributed by atoms with van der Waals surface area (Å²) in [5, 5.41) is 2.89. The maximum atomic E-state index is 12.0. The Kier molecular flexibility index (Phi) is 8.47. The average Bonchev–Trinajstić information content (AvgIpc) is 2.69. The van der Waals surface area contributed by atoms with E-state index in [0.29, 0.717) is 30.9 Å². The average molecular weight is 428 g/mol. The molecule has 0 aliphatic heterocycles. The molecule has 2 aromatic rings. The molecule has 5 heteroatoms. The number of ether oxygens (including phenoxy) is 2. The van der Waals surface area contributed by atoms with Crippen LogP contribution in [0.5, 0.6) is 11.5 Å². The van der Waals surface area contributed by atoms with Crippen LogP contribution in [0, 0.1) is 12.3 Å². The molecule has 0 saturated heterocycles. The summed E-state index contributed by atoms with van der Waals surface area (Å²) in [5.41, 5.74) is 2.09. The van der Waals surface area contributed by atoms with Gasteiger partial charge in [-0.2, -0.15) is 0 Å². The zero-order valence-electron chi connectivity index (χ0n) is 15.2. The Balaban J connectivity index is 1.78. The number of methoxy groups -OCH3 is 1. The van der Waals surface area contributed by atoms with Crippen molar-refractivity contribution in [2.75, 3.05) is 20.3 Å². The lowest BCUT2D eigenvalue weighted by molar-refractivity contribution is -0.120. The molecule has 1 amide bonds. The number of halogens is 1. The lowest BCUT2D eigenvalue weighted by Crippen LogP contribution is -2.23. The van der Waals surface area contributed by atoms with E-state index in [4.69, 9.17) is 15.9 Å². The number of terminal acetylenes is 1. The smallest absolute Gasteiger partial charge is 0.220 e. The number of rotatable bonds is 9. The lowest BCUT2D eigenvalue weighted by Gasteiger charge is -2.10. The summed E-state index contributed by atoms with van der Waals surface area (Å²) in [6.45, 7) is 0.684. The van der Waals surface area contributed by atoms with Crippen molar-refractivity contribution in [1.29, 1.82) is 0 Å². The molecule has 0 aliphatic rings. The minimum absolute atomic E-state index is 0.00193. The van der Waals surface area contributed by atoms with Crippen LogP contribution in [-0.4, -0.2) is 26.2 Å². The third-order valence-corrected chi connectivity index (χ3v) is 4.31. The quantitative estimate of drug-likeness (QED) is 0.609. The van der Waals surface area contributed by atoms with Crippen molar-refractivity contribution in [2.45, 2.75) is 12.8 Å². The fourth-order valence-corrected chi connectivity index (χ4v) is 2.66. The molecule has 140 valence electrons. The van der Waals surface area contributed by atoms with Gasteiger partial charge in [-0.1, -0.05) is 52.2 Å². The van der Waals surface area contributed by atoms with Gasteiger partial charge in [-0.05, 0) is 41.8 Å². The van der Waals surface area contributed by atoms with Gasteiger partial charge in [0.25, 0.3) is 0 Å². The number of carbonyl (C=O) groups excluding carboxylic acids is 1. The van der Waals surface area contributed by atoms with Crippen LogP contribution in [0.1, 0.15) is 17.5 Å². The van der Waals surface area contributed by atoms with Crippen LogP contribution in [0.4, 0.5) is 0 Å². The van der Waals surface area contributed by atoms with Gasteiger partial charge in [-0.3, -0.25) is 4.79 Å². The van der Waals surface area contributed by atoms with E-state index < -0.39 is 0 Å². The van der Waals surface area contributed by atoms with Crippen LogP contribution in [0.15, 0.2) is 53.0 Å². The summed E-state index contributed by atoms with van der Waals surface area (Å²) in [7, 11) is 1.58. The van der Waals surface area contributed by atoms with E-state index in [1.54, 1.807) is 7.11 Å². The Morgan fingerprint density at radius 1 is 1.22 bits per heavy atom. The second-order valence-electron chi connectivity index (χ2n) is 5.74. The van der Waals surface area contributed by atoms with E-state index in [1.807, 2.05) is 54.6 Å². The first kappa shape index (κ1) is 20.6. The molecule has 1 N–H and O–H groups in total. The molecule has 0 fully saturated rings. The molecule has 0 aromatic heterocycles. The Morgan fingerprint density at radius 3 is 2.70 bits per heavy atom. The zero-order chi connectivity index (χ0) is 19.5. The topological polar surface area (TPSA) is 47.6 Å². The van der Waals surface area contributed by atoms with Crippen molar-refractivity contribution in [3.05, 3.63) is 64.1 Å². The summed E-state index contributed by atoms with van der Waals surface area (Å²) in [4.78, 5) is 12.0. The van der Waals surface area contributed by atoms with E-state index >= 15 is 0 Å². The summed E-state index contributed by atoms with van der Waals surface area (Å²) in [6.07, 6.45) is 10.1. The Hall–Kier alpha value is -2.71. The van der Waals surface area contributed by atoms with Gasteiger partial charge in [0.2, 0.25) is 5.91 Å². The van der Waals surface area contributed by atoms with Gasteiger partial charge in [0, 0.05) is 17.4 Å². The molecule has 27 heavy (non-hydrogen) atoms. The van der Waals surface area contributed by atoms with Crippen LogP contribution in [0.3, 0.4) is 0 Å². The summed E-state index contributed by atoms with van der Waals surface area (Å²) in [6, 6.07) is 13.6. The van der Waals surface area contributed by atoms with Gasteiger partial charge >= 0.3 is 0 Å². The predicted octanol–water partition coefficient (Wildman–Crippen LogP) is 4.23. The van der Waals surface area contributed by atoms with E-state index in [9.17, 15) is 4.79 Å². The van der Waals surface area contributed by atoms with Crippen LogP contribution in [0.2, 0.25) is 0 Å². The Labute approximate surface area is 168 Å². The van der Waals surface area contributed by atoms with Crippen LogP contribution in [0.25, 0.3) is 6.08 Å². The minimum atomic E-state index is 0.00193. The Bertz CT molecular complexity index is 822. The predicted molar refractivity (Wildman–Crippen MR) is 112 cm³/mol. The van der Waals surface area contributed by atoms with Gasteiger partial charge < -0.3 is 14.8 Å². The maximum Gasteiger partial charge on any atom is 0.220 e. The third-order valence-electron chi connectivity index (χ3n) is 3.78. The number of nitrogens with one attached hydrogen (secondary N) is 1. The standard InChI is InChI=1S/C22H22BrNO3/c1-3-15-27-20-12-8-18(16-21(20)26-2)9-13-22(25)24-14-4-5-17-6-10-19(23)11-7-17/h1,4-8,10-12,16H,9,13-15H2,2H3,(H,24,25). The van der Waals surface area contributed by atoms with Gasteiger partial charge in [0.15, 0.2) is 11.5 Å². The molecule has 0 unspecified atom stereocenters. The van der Waals surface area contributed by atoms with Crippen molar-refractivity contribution in [3.8, 4) is 23.8 Å². The largest absolute Gasteiger partial charge is 0.493 e. The molecular formula is C22H22BrNO3. The molecule has 2 rings (SSSR count). The molecule has 2 aromatic carbocycles. The molecule has 0 spiro atoms. The number of carbonyl (C=O) groups is 1. The van der Waals surface area contributed by atoms with Crippen LogP contribution < -0.4 is 14.8 Å². The fraction of sp³-hybridized carbons (Fsp3) is 0.227. The van der Waals surface area contributed by atoms with E-state index in [1.165, 1.54) is 0 Å². The second-order valence-corrected chi connectivity index (χ2v) is 6.65. The number of amides is 1. The van der Waals surface area contributed by atoms with E-state index in [-0.39, 0.29) is 12.5 Å². The van der Waals surface area contributed by atoms with Crippen molar-refractivity contribution in [3.63, 3.8) is 0 Å². The number of hydrogen-bond acceptors (Lipinski definition) is 3. The molecule has 0 radical (unpaired) electrons. The highest BCUT2D eigenvalue weighted by Gasteiger charge is 2.07. The number of hydrogen-bond donors (Lipinski definition) is 1. The highest BCUT2D eigenvalue weighted by molar-refractivity contribution is 9.10. The molecule has 4 nitrogen and oxygen atoms in total. The molecule has 0 aliphatic carbocycles. The van der Waals surface area contributed by atoms with Crippen molar-refractivity contribution in [1.82, 2.24) is 5.32 Å². The fourth-order valence-electron chi connectivity index (χ4n) is 2.39. The lowest BCUT2D eigenvalue weighted by atomic mass is 10.1. The molecule has 0 saturated carbocycles. The number of aryl methyl sites for hydroxylation is 1. The van der Waals surface area contributed by atoms with E-state index in [2.05, 4.69) is 27.2 Å². The highest BCUT2D eigenvalue weighted by atomic mass is 79.9. The first-order chi connectivity index (χ1) is 13.1. The molecule has 0 bridgehead atoms. The van der Waals surface area contributed by atoms with Gasteiger partial charge in [-0.15, -0.1) is 6.42 Å². The van der Waals surface area contributed by atoms with Gasteiger partial charge in [-0.25, -0.2) is 0 Å². The maximum absolute atomic E-state index is 12.0. The normalized spacial score (nSPS) is 10.4. The molecular weight excluding hydrogens is 406 g/mol. The minimum Gasteiger partial charge on any atom is -0.493 e. The van der Waals surface area contributed by atoms with Crippen molar-refractivity contribution < 1.29 is 14.3 Å². The Morgan fingerprint density at radius 2 is 2.00 bits per heavy atom. The van der Waals surface area contributed by atoms with Crippen molar-refractivity contribution in [2.24, 2.45) is 0 Å². The SMILES string of the molecule is C#CCOc1ccc(CCC(=O)NCC=Cc2ccc(Br)cc2)cc1OC. The zero-order valence-corrected chi connectivity index (χ0v) is 16.8. The molecule has 0 atom stereocenters. The van der Waals surface area contributed by atoms with Crippen LogP contribution >= 0.6 is 15.9 Å². The van der Waals surface area contributed by atoms with Crippen molar-refractivity contribution >= 4 is 27.9 Å². The van der Waals surface area contributed by atoms with Crippen LogP contribution in [-0.2, 0) is 11.2 Å². The second kappa shape index (κ2) is 11.1. The third kappa shape index (κ3) is 7.20. The monoisotopic (exact) mass is 427 g/mol. The first-order valence-corrected chi connectivity index (χ1v) is 9.33. The summed E-state index contributed by atoms with van der Waals surface area (Å²) >= 11 is 3.40. The first-order valence-electron chi connectivity index (χ1n) is 8.54. The van der Waals surface area contributed by atoms with Gasteiger partial charge in [0.05, 0.1) is 7.11 Å². The van der Waals surface area contributed by atoms with E-state index in [0.717, 1.165) is 15.6 Å². The van der Waals surface area contributed by atoms with Gasteiger partial charge in [0.1, 0.15) is 6.61 Å². The highest BCUT2D eigenvalue weighted by Crippen LogP contribution is 2.28. The summed E-state index contributed by atoms with van der Waals surface area (Å²) < 4.78 is 11.8. The number of benzene rings is 2. The summed E-state index contributed by atoms with van der Waals surface area (Å²) in [5.74, 6) is 3.63. The molecule has 0 heterocycles.